The van der Waals surface area contributed by atoms with Crippen LogP contribution < -0.4 is 5.32 Å². The molecule has 0 bridgehead atoms. The van der Waals surface area contributed by atoms with Crippen molar-refractivity contribution in [3.63, 3.8) is 0 Å². The molecule has 0 radical (unpaired) electrons. The van der Waals surface area contributed by atoms with Crippen LogP contribution in [0.2, 0.25) is 5.02 Å². The van der Waals surface area contributed by atoms with Crippen molar-refractivity contribution in [1.82, 2.24) is 10.2 Å². The molecular weight excluding hydrogens is 354 g/mol. The second-order valence-electron chi connectivity index (χ2n) is 4.49. The van der Waals surface area contributed by atoms with Gasteiger partial charge in [0.2, 0.25) is 5.91 Å². The minimum absolute atomic E-state index is 0.120. The summed E-state index contributed by atoms with van der Waals surface area (Å²) in [6, 6.07) is 11.4. The zero-order valence-electron chi connectivity index (χ0n) is 11.9. The van der Waals surface area contributed by atoms with Crippen molar-refractivity contribution in [3.05, 3.63) is 46.8 Å². The highest BCUT2D eigenvalue weighted by Gasteiger charge is 2.11. The second-order valence-corrected chi connectivity index (χ2v) is 7.04. The van der Waals surface area contributed by atoms with Gasteiger partial charge in [-0.15, -0.1) is 28.2 Å². The second kappa shape index (κ2) is 7.63. The number of amides is 1. The Labute approximate surface area is 146 Å². The molecule has 1 amide bonds. The number of hydrogen-bond donors (Lipinski definition) is 1. The van der Waals surface area contributed by atoms with Crippen molar-refractivity contribution in [2.75, 3.05) is 11.1 Å². The molecule has 0 atom stereocenters. The summed E-state index contributed by atoms with van der Waals surface area (Å²) in [4.78, 5) is 13.8. The highest BCUT2D eigenvalue weighted by molar-refractivity contribution is 7.99. The number of aromatic nitrogens is 2. The number of hydrogen-bond acceptors (Lipinski definition) is 6. The van der Waals surface area contributed by atoms with Crippen LogP contribution in [0.5, 0.6) is 0 Å². The Balaban J connectivity index is 1.47. The summed E-state index contributed by atoms with van der Waals surface area (Å²) < 4.78 is 5.41. The SMILES string of the molecule is O=C(CCSc1ccc(Cl)cc1)Nc1nnc(-c2cccs2)o1. The van der Waals surface area contributed by atoms with Crippen molar-refractivity contribution in [3.8, 4) is 10.8 Å². The molecule has 23 heavy (non-hydrogen) atoms. The summed E-state index contributed by atoms with van der Waals surface area (Å²) >= 11 is 8.92. The van der Waals surface area contributed by atoms with E-state index in [9.17, 15) is 4.79 Å². The number of thiophene rings is 1. The Hall–Kier alpha value is -1.83. The molecule has 0 spiro atoms. The quantitative estimate of drug-likeness (QED) is 0.648. The molecule has 0 aliphatic carbocycles. The van der Waals surface area contributed by atoms with E-state index in [1.165, 1.54) is 11.3 Å². The standard InChI is InChI=1S/C15H12ClN3O2S2/c16-10-3-5-11(6-4-10)22-9-7-13(20)17-15-19-18-14(21-15)12-2-1-8-23-12/h1-6,8H,7,9H2,(H,17,19,20). The smallest absolute Gasteiger partial charge is 0.322 e. The van der Waals surface area contributed by atoms with E-state index in [1.807, 2.05) is 41.8 Å². The molecule has 0 fully saturated rings. The summed E-state index contributed by atoms with van der Waals surface area (Å²) in [5, 5.41) is 13.0. The molecule has 2 heterocycles. The summed E-state index contributed by atoms with van der Waals surface area (Å²) in [5.74, 6) is 0.901. The third-order valence-corrected chi connectivity index (χ3v) is 4.94. The van der Waals surface area contributed by atoms with Gasteiger partial charge in [0, 0.05) is 22.1 Å². The average Bonchev–Trinajstić information content (AvgIpc) is 3.20. The summed E-state index contributed by atoms with van der Waals surface area (Å²) in [6.07, 6.45) is 0.351. The van der Waals surface area contributed by atoms with Crippen molar-refractivity contribution >= 4 is 46.6 Å². The average molecular weight is 366 g/mol. The van der Waals surface area contributed by atoms with Crippen molar-refractivity contribution in [2.24, 2.45) is 0 Å². The third-order valence-electron chi connectivity index (χ3n) is 2.81. The van der Waals surface area contributed by atoms with Gasteiger partial charge in [0.15, 0.2) is 0 Å². The lowest BCUT2D eigenvalue weighted by Gasteiger charge is -2.02. The number of nitrogens with zero attached hydrogens (tertiary/aromatic N) is 2. The predicted molar refractivity (Wildman–Crippen MR) is 93.0 cm³/mol. The minimum Gasteiger partial charge on any atom is -0.402 e. The Bertz CT molecular complexity index is 772. The van der Waals surface area contributed by atoms with Crippen LogP contribution in [0.15, 0.2) is 51.1 Å². The van der Waals surface area contributed by atoms with Crippen LogP contribution >= 0.6 is 34.7 Å². The molecule has 5 nitrogen and oxygen atoms in total. The Kier molecular flexibility index (Phi) is 5.32. The lowest BCUT2D eigenvalue weighted by molar-refractivity contribution is -0.115. The monoisotopic (exact) mass is 365 g/mol. The number of carbonyl (C=O) groups excluding carboxylic acids is 1. The highest BCUT2D eigenvalue weighted by Crippen LogP contribution is 2.24. The van der Waals surface area contributed by atoms with Crippen molar-refractivity contribution < 1.29 is 9.21 Å². The lowest BCUT2D eigenvalue weighted by Crippen LogP contribution is -2.12. The first kappa shape index (κ1) is 16.0. The van der Waals surface area contributed by atoms with Crippen LogP contribution in [-0.4, -0.2) is 21.9 Å². The molecule has 0 saturated heterocycles. The fourth-order valence-corrected chi connectivity index (χ4v) is 3.37. The maximum atomic E-state index is 11.9. The predicted octanol–water partition coefficient (Wildman–Crippen LogP) is 4.57. The van der Waals surface area contributed by atoms with Gasteiger partial charge in [-0.1, -0.05) is 22.8 Å². The summed E-state index contributed by atoms with van der Waals surface area (Å²) in [7, 11) is 0. The fourth-order valence-electron chi connectivity index (χ4n) is 1.75. The first-order valence-electron chi connectivity index (χ1n) is 6.76. The molecule has 0 saturated carbocycles. The number of anilines is 1. The molecule has 2 aromatic heterocycles. The van der Waals surface area contributed by atoms with Gasteiger partial charge in [-0.3, -0.25) is 10.1 Å². The largest absolute Gasteiger partial charge is 0.402 e. The van der Waals surface area contributed by atoms with Gasteiger partial charge >= 0.3 is 6.01 Å². The van der Waals surface area contributed by atoms with E-state index in [4.69, 9.17) is 16.0 Å². The van der Waals surface area contributed by atoms with E-state index in [2.05, 4.69) is 15.5 Å². The molecular formula is C15H12ClN3O2S2. The highest BCUT2D eigenvalue weighted by atomic mass is 35.5. The van der Waals surface area contributed by atoms with Crippen LogP contribution in [-0.2, 0) is 4.79 Å². The Morgan fingerprint density at radius 1 is 1.26 bits per heavy atom. The van der Waals surface area contributed by atoms with Crippen LogP contribution in [0, 0.1) is 0 Å². The third kappa shape index (κ3) is 4.57. The number of rotatable bonds is 6. The number of halogens is 1. The Morgan fingerprint density at radius 3 is 2.83 bits per heavy atom. The van der Waals surface area contributed by atoms with Crippen LogP contribution in [0.25, 0.3) is 10.8 Å². The first-order chi connectivity index (χ1) is 11.2. The number of thioether (sulfide) groups is 1. The maximum Gasteiger partial charge on any atom is 0.322 e. The number of nitrogens with one attached hydrogen (secondary N) is 1. The fraction of sp³-hybridized carbons (Fsp3) is 0.133. The van der Waals surface area contributed by atoms with Crippen LogP contribution in [0.1, 0.15) is 6.42 Å². The van der Waals surface area contributed by atoms with Gasteiger partial charge in [-0.2, -0.15) is 0 Å². The van der Waals surface area contributed by atoms with Crippen LogP contribution in [0.3, 0.4) is 0 Å². The molecule has 0 aliphatic heterocycles. The van der Waals surface area contributed by atoms with Gasteiger partial charge in [0.1, 0.15) is 0 Å². The van der Waals surface area contributed by atoms with Crippen molar-refractivity contribution in [2.45, 2.75) is 11.3 Å². The number of benzene rings is 1. The first-order valence-corrected chi connectivity index (χ1v) is 9.00. The van der Waals surface area contributed by atoms with E-state index >= 15 is 0 Å². The Morgan fingerprint density at radius 2 is 2.09 bits per heavy atom. The maximum absolute atomic E-state index is 11.9. The van der Waals surface area contributed by atoms with E-state index in [-0.39, 0.29) is 11.9 Å². The molecule has 3 aromatic rings. The van der Waals surface area contributed by atoms with Gasteiger partial charge in [-0.05, 0) is 35.7 Å². The molecule has 8 heteroatoms. The van der Waals surface area contributed by atoms with E-state index in [0.29, 0.717) is 23.1 Å². The zero-order chi connectivity index (χ0) is 16.1. The molecule has 3 rings (SSSR count). The van der Waals surface area contributed by atoms with Gasteiger partial charge in [0.05, 0.1) is 4.88 Å². The molecule has 0 unspecified atom stereocenters. The minimum atomic E-state index is -0.159. The van der Waals surface area contributed by atoms with E-state index in [0.717, 1.165) is 9.77 Å². The zero-order valence-corrected chi connectivity index (χ0v) is 14.2. The number of carbonyl (C=O) groups is 1. The van der Waals surface area contributed by atoms with Crippen LogP contribution in [0.4, 0.5) is 6.01 Å². The van der Waals surface area contributed by atoms with E-state index in [1.54, 1.807) is 11.8 Å². The molecule has 118 valence electrons. The normalized spacial score (nSPS) is 10.7. The molecule has 1 N–H and O–H groups in total. The summed E-state index contributed by atoms with van der Waals surface area (Å²) in [5.41, 5.74) is 0. The van der Waals surface area contributed by atoms with Crippen molar-refractivity contribution in [1.29, 1.82) is 0 Å². The summed E-state index contributed by atoms with van der Waals surface area (Å²) in [6.45, 7) is 0. The van der Waals surface area contributed by atoms with Gasteiger partial charge in [-0.25, -0.2) is 0 Å². The van der Waals surface area contributed by atoms with Gasteiger partial charge < -0.3 is 4.42 Å². The topological polar surface area (TPSA) is 68.0 Å². The van der Waals surface area contributed by atoms with Gasteiger partial charge in [0.25, 0.3) is 5.89 Å². The molecule has 1 aromatic carbocycles. The lowest BCUT2D eigenvalue weighted by atomic mass is 10.4. The molecule has 0 aliphatic rings. The van der Waals surface area contributed by atoms with E-state index < -0.39 is 0 Å².